The summed E-state index contributed by atoms with van der Waals surface area (Å²) in [5.74, 6) is 0.500. The minimum absolute atomic E-state index is 0.0263. The Morgan fingerprint density at radius 2 is 2.29 bits per heavy atom. The first-order valence-electron chi connectivity index (χ1n) is 6.66. The van der Waals surface area contributed by atoms with Crippen LogP contribution >= 0.6 is 15.9 Å². The van der Waals surface area contributed by atoms with E-state index in [0.717, 1.165) is 16.6 Å². The molecule has 116 valence electrons. The Morgan fingerprint density at radius 1 is 1.48 bits per heavy atom. The van der Waals surface area contributed by atoms with Gasteiger partial charge in [0.25, 0.3) is 5.91 Å². The second-order valence-electron chi connectivity index (χ2n) is 4.28. The number of amides is 1. The van der Waals surface area contributed by atoms with Crippen LogP contribution in [0, 0.1) is 0 Å². The van der Waals surface area contributed by atoms with E-state index in [2.05, 4.69) is 33.1 Å². The van der Waals surface area contributed by atoms with E-state index < -0.39 is 0 Å². The van der Waals surface area contributed by atoms with Crippen LogP contribution < -0.4 is 15.4 Å². The van der Waals surface area contributed by atoms with Crippen LogP contribution in [0.2, 0.25) is 0 Å². The van der Waals surface area contributed by atoms with Crippen LogP contribution in [0.25, 0.3) is 0 Å². The highest BCUT2D eigenvalue weighted by Gasteiger charge is 2.10. The molecular weight excluding hydrogens is 336 g/mol. The minimum atomic E-state index is -0.177. The lowest BCUT2D eigenvalue weighted by molar-refractivity contribution is -0.122. The summed E-state index contributed by atoms with van der Waals surface area (Å²) in [5, 5.41) is 5.92. The lowest BCUT2D eigenvalue weighted by atomic mass is 10.2. The van der Waals surface area contributed by atoms with Gasteiger partial charge in [-0.3, -0.25) is 4.79 Å². The molecule has 2 N–H and O–H groups in total. The summed E-state index contributed by atoms with van der Waals surface area (Å²) in [6.07, 6.45) is 1.63. The Bertz CT molecular complexity index is 466. The van der Waals surface area contributed by atoms with Crippen molar-refractivity contribution in [2.24, 2.45) is 0 Å². The first-order valence-corrected chi connectivity index (χ1v) is 7.45. The number of para-hydroxylation sites is 1. The van der Waals surface area contributed by atoms with Crippen molar-refractivity contribution in [3.05, 3.63) is 40.9 Å². The van der Waals surface area contributed by atoms with Crippen molar-refractivity contribution in [1.29, 1.82) is 0 Å². The van der Waals surface area contributed by atoms with Crippen molar-refractivity contribution in [1.82, 2.24) is 10.6 Å². The number of carbonyl (C=O) groups excluding carboxylic acids is 1. The van der Waals surface area contributed by atoms with Crippen molar-refractivity contribution in [3.63, 3.8) is 0 Å². The topological polar surface area (TPSA) is 59.6 Å². The standard InChI is InChI=1S/C15H21BrN2O3/c1-3-7-18-14(19)11-21-15-12(5-4-6-13(15)16)10-17-8-9-20-2/h3-6,17H,1,7-11H2,2H3,(H,18,19). The Hall–Kier alpha value is -1.37. The van der Waals surface area contributed by atoms with Gasteiger partial charge in [-0.25, -0.2) is 0 Å². The molecule has 0 saturated carbocycles. The normalized spacial score (nSPS) is 10.2. The third-order valence-electron chi connectivity index (χ3n) is 2.64. The zero-order valence-corrected chi connectivity index (χ0v) is 13.7. The van der Waals surface area contributed by atoms with E-state index in [1.807, 2.05) is 18.2 Å². The zero-order valence-electron chi connectivity index (χ0n) is 12.2. The van der Waals surface area contributed by atoms with Gasteiger partial charge in [-0.1, -0.05) is 18.2 Å². The molecule has 0 bridgehead atoms. The Morgan fingerprint density at radius 3 is 3.00 bits per heavy atom. The Labute approximate surface area is 133 Å². The molecule has 0 heterocycles. The molecule has 1 aromatic rings. The fraction of sp³-hybridized carbons (Fsp3) is 0.400. The molecule has 21 heavy (non-hydrogen) atoms. The second kappa shape index (κ2) is 10.4. The van der Waals surface area contributed by atoms with Crippen LogP contribution in [0.4, 0.5) is 0 Å². The van der Waals surface area contributed by atoms with Crippen LogP contribution in [-0.2, 0) is 16.1 Å². The van der Waals surface area contributed by atoms with Gasteiger partial charge >= 0.3 is 0 Å². The second-order valence-corrected chi connectivity index (χ2v) is 5.13. The van der Waals surface area contributed by atoms with Gasteiger partial charge in [-0.2, -0.15) is 0 Å². The first-order chi connectivity index (χ1) is 10.2. The smallest absolute Gasteiger partial charge is 0.258 e. The van der Waals surface area contributed by atoms with Crippen LogP contribution in [0.15, 0.2) is 35.3 Å². The maximum atomic E-state index is 11.6. The molecule has 0 saturated heterocycles. The monoisotopic (exact) mass is 356 g/mol. The van der Waals surface area contributed by atoms with Crippen molar-refractivity contribution in [2.75, 3.05) is 33.4 Å². The number of methoxy groups -OCH3 is 1. The highest BCUT2D eigenvalue weighted by atomic mass is 79.9. The molecule has 0 spiro atoms. The predicted molar refractivity (Wildman–Crippen MR) is 86.4 cm³/mol. The maximum absolute atomic E-state index is 11.6. The summed E-state index contributed by atoms with van der Waals surface area (Å²) in [5.41, 5.74) is 0.983. The van der Waals surface area contributed by atoms with Crippen molar-refractivity contribution < 1.29 is 14.3 Å². The molecule has 0 radical (unpaired) electrons. The quantitative estimate of drug-likeness (QED) is 0.496. The third-order valence-corrected chi connectivity index (χ3v) is 3.26. The molecule has 0 aliphatic carbocycles. The molecule has 0 aliphatic heterocycles. The summed E-state index contributed by atoms with van der Waals surface area (Å²) < 4.78 is 11.4. The van der Waals surface area contributed by atoms with Gasteiger partial charge in [0.2, 0.25) is 0 Å². The molecule has 1 aromatic carbocycles. The molecule has 0 fully saturated rings. The van der Waals surface area contributed by atoms with E-state index in [9.17, 15) is 4.79 Å². The number of hydrogen-bond donors (Lipinski definition) is 2. The van der Waals surface area contributed by atoms with Crippen LogP contribution in [0.3, 0.4) is 0 Å². The summed E-state index contributed by atoms with van der Waals surface area (Å²) in [7, 11) is 1.66. The van der Waals surface area contributed by atoms with Crippen LogP contribution in [0.1, 0.15) is 5.56 Å². The van der Waals surface area contributed by atoms with E-state index in [1.165, 1.54) is 0 Å². The number of rotatable bonds is 10. The summed E-state index contributed by atoms with van der Waals surface area (Å²) in [6.45, 7) is 6.00. The number of halogens is 1. The number of ether oxygens (including phenoxy) is 2. The summed E-state index contributed by atoms with van der Waals surface area (Å²) >= 11 is 3.45. The Kier molecular flexibility index (Phi) is 8.73. The van der Waals surface area contributed by atoms with E-state index in [4.69, 9.17) is 9.47 Å². The first kappa shape index (κ1) is 17.7. The Balaban J connectivity index is 2.58. The SMILES string of the molecule is C=CCNC(=O)COc1c(Br)cccc1CNCCOC. The fourth-order valence-electron chi connectivity index (χ4n) is 1.63. The highest BCUT2D eigenvalue weighted by Crippen LogP contribution is 2.29. The van der Waals surface area contributed by atoms with Crippen molar-refractivity contribution in [2.45, 2.75) is 6.54 Å². The minimum Gasteiger partial charge on any atom is -0.482 e. The predicted octanol–water partition coefficient (Wildman–Crippen LogP) is 1.87. The van der Waals surface area contributed by atoms with Gasteiger partial charge in [0.05, 0.1) is 11.1 Å². The molecular formula is C15H21BrN2O3. The largest absolute Gasteiger partial charge is 0.482 e. The molecule has 0 atom stereocenters. The van der Waals surface area contributed by atoms with Gasteiger partial charge < -0.3 is 20.1 Å². The summed E-state index contributed by atoms with van der Waals surface area (Å²) in [6, 6.07) is 5.78. The molecule has 6 heteroatoms. The third kappa shape index (κ3) is 6.75. The maximum Gasteiger partial charge on any atom is 0.258 e. The van der Waals surface area contributed by atoms with Crippen LogP contribution in [-0.4, -0.2) is 39.3 Å². The molecule has 0 aliphatic rings. The van der Waals surface area contributed by atoms with E-state index >= 15 is 0 Å². The number of hydrogen-bond acceptors (Lipinski definition) is 4. The fourth-order valence-corrected chi connectivity index (χ4v) is 2.15. The van der Waals surface area contributed by atoms with Gasteiger partial charge in [-0.15, -0.1) is 6.58 Å². The molecule has 0 unspecified atom stereocenters. The highest BCUT2D eigenvalue weighted by molar-refractivity contribution is 9.10. The summed E-state index contributed by atoms with van der Waals surface area (Å²) in [4.78, 5) is 11.6. The van der Waals surface area contributed by atoms with E-state index in [-0.39, 0.29) is 12.5 Å². The molecule has 1 rings (SSSR count). The molecule has 0 aromatic heterocycles. The van der Waals surface area contributed by atoms with Crippen LogP contribution in [0.5, 0.6) is 5.75 Å². The number of benzene rings is 1. The lowest BCUT2D eigenvalue weighted by Crippen LogP contribution is -2.29. The van der Waals surface area contributed by atoms with Crippen molar-refractivity contribution in [3.8, 4) is 5.75 Å². The number of carbonyl (C=O) groups is 1. The molecule has 5 nitrogen and oxygen atoms in total. The van der Waals surface area contributed by atoms with Gasteiger partial charge in [-0.05, 0) is 22.0 Å². The van der Waals surface area contributed by atoms with E-state index in [1.54, 1.807) is 13.2 Å². The van der Waals surface area contributed by atoms with Gasteiger partial charge in [0.15, 0.2) is 6.61 Å². The average Bonchev–Trinajstić information content (AvgIpc) is 2.48. The number of nitrogens with one attached hydrogen (secondary N) is 2. The van der Waals surface area contributed by atoms with Gasteiger partial charge in [0.1, 0.15) is 5.75 Å². The van der Waals surface area contributed by atoms with Crippen molar-refractivity contribution >= 4 is 21.8 Å². The molecule has 1 amide bonds. The zero-order chi connectivity index (χ0) is 15.5. The van der Waals surface area contributed by atoms with Gasteiger partial charge in [0, 0.05) is 32.3 Å². The average molecular weight is 357 g/mol. The van der Waals surface area contributed by atoms with E-state index in [0.29, 0.717) is 25.4 Å². The lowest BCUT2D eigenvalue weighted by Gasteiger charge is -2.13.